The lowest BCUT2D eigenvalue weighted by Crippen LogP contribution is -2.38. The Morgan fingerprint density at radius 1 is 1.12 bits per heavy atom. The zero-order valence-corrected chi connectivity index (χ0v) is 14.1. The van der Waals surface area contributed by atoms with Gasteiger partial charge in [0.05, 0.1) is 5.56 Å². The average Bonchev–Trinajstić information content (AvgIpc) is 2.59. The van der Waals surface area contributed by atoms with E-state index in [1.165, 1.54) is 17.7 Å². The molecule has 1 heterocycles. The average molecular weight is 371 g/mol. The number of amides is 1. The third-order valence-electron chi connectivity index (χ3n) is 4.16. The fourth-order valence-corrected chi connectivity index (χ4v) is 2.88. The number of hydrogen-bond donors (Lipinski definition) is 2. The van der Waals surface area contributed by atoms with Crippen LogP contribution in [0.1, 0.15) is 33.1 Å². The number of carbonyl (C=O) groups excluding carboxylic acids is 1. The van der Waals surface area contributed by atoms with Gasteiger partial charge in [-0.05, 0) is 48.4 Å². The first-order valence-electron chi connectivity index (χ1n) is 7.72. The summed E-state index contributed by atoms with van der Waals surface area (Å²) in [6.45, 7) is 1.22. The van der Waals surface area contributed by atoms with Gasteiger partial charge in [-0.1, -0.05) is 24.3 Å². The summed E-state index contributed by atoms with van der Waals surface area (Å²) < 4.78 is 37.6. The Morgan fingerprint density at radius 2 is 1.80 bits per heavy atom. The minimum absolute atomic E-state index is 0. The highest BCUT2D eigenvalue weighted by molar-refractivity contribution is 5.94. The minimum Gasteiger partial charge on any atom is -0.350 e. The molecule has 2 N–H and O–H groups in total. The van der Waals surface area contributed by atoms with Crippen molar-refractivity contribution in [2.45, 2.75) is 18.6 Å². The molecule has 0 aliphatic carbocycles. The summed E-state index contributed by atoms with van der Waals surface area (Å²) >= 11 is 0. The molecule has 0 bridgehead atoms. The Kier molecular flexibility index (Phi) is 6.08. The number of rotatable bonds is 3. The van der Waals surface area contributed by atoms with Crippen molar-refractivity contribution >= 4 is 18.3 Å². The lowest BCUT2D eigenvalue weighted by atomic mass is 9.94. The topological polar surface area (TPSA) is 41.1 Å². The van der Waals surface area contributed by atoms with Crippen LogP contribution in [-0.2, 0) is 12.6 Å². The van der Waals surface area contributed by atoms with Crippen molar-refractivity contribution in [2.75, 3.05) is 13.1 Å². The van der Waals surface area contributed by atoms with E-state index in [9.17, 15) is 18.0 Å². The van der Waals surface area contributed by atoms with Crippen molar-refractivity contribution in [1.29, 1.82) is 0 Å². The first-order valence-corrected chi connectivity index (χ1v) is 7.72. The molecule has 3 nitrogen and oxygen atoms in total. The number of alkyl halides is 3. The van der Waals surface area contributed by atoms with Crippen molar-refractivity contribution in [3.63, 3.8) is 0 Å². The summed E-state index contributed by atoms with van der Waals surface area (Å²) in [4.78, 5) is 12.1. The van der Waals surface area contributed by atoms with E-state index in [0.29, 0.717) is 6.54 Å². The van der Waals surface area contributed by atoms with E-state index in [-0.39, 0.29) is 29.9 Å². The number of carbonyl (C=O) groups is 1. The molecule has 2 aromatic rings. The van der Waals surface area contributed by atoms with Gasteiger partial charge in [0, 0.05) is 18.2 Å². The molecule has 0 saturated heterocycles. The lowest BCUT2D eigenvalue weighted by Gasteiger charge is -2.27. The maximum absolute atomic E-state index is 12.5. The van der Waals surface area contributed by atoms with Crippen molar-refractivity contribution in [2.24, 2.45) is 0 Å². The second kappa shape index (κ2) is 7.89. The Labute approximate surface area is 150 Å². The van der Waals surface area contributed by atoms with Gasteiger partial charge in [-0.3, -0.25) is 4.79 Å². The smallest absolute Gasteiger partial charge is 0.350 e. The summed E-state index contributed by atoms with van der Waals surface area (Å²) in [7, 11) is 0. The molecule has 3 rings (SSSR count). The molecule has 1 atom stereocenters. The molecule has 25 heavy (non-hydrogen) atoms. The van der Waals surface area contributed by atoms with Gasteiger partial charge < -0.3 is 10.6 Å². The Balaban J connectivity index is 0.00000225. The van der Waals surface area contributed by atoms with E-state index < -0.39 is 11.7 Å². The molecule has 1 aliphatic heterocycles. The van der Waals surface area contributed by atoms with Crippen LogP contribution in [0.3, 0.4) is 0 Å². The molecular weight excluding hydrogens is 353 g/mol. The first kappa shape index (κ1) is 19.3. The van der Waals surface area contributed by atoms with Crippen LogP contribution in [0.4, 0.5) is 13.2 Å². The summed E-state index contributed by atoms with van der Waals surface area (Å²) in [5.41, 5.74) is 1.86. The van der Waals surface area contributed by atoms with Gasteiger partial charge in [-0.2, -0.15) is 13.2 Å². The van der Waals surface area contributed by atoms with Crippen molar-refractivity contribution in [3.8, 4) is 0 Å². The predicted octanol–water partition coefficient (Wildman–Crippen LogP) is 3.74. The fraction of sp³-hybridized carbons (Fsp3) is 0.278. The highest BCUT2D eigenvalue weighted by atomic mass is 35.5. The van der Waals surface area contributed by atoms with Crippen LogP contribution >= 0.6 is 12.4 Å². The highest BCUT2D eigenvalue weighted by Gasteiger charge is 2.30. The second-order valence-corrected chi connectivity index (χ2v) is 5.74. The Hall–Kier alpha value is -2.05. The molecule has 0 saturated carbocycles. The third-order valence-corrected chi connectivity index (χ3v) is 4.16. The van der Waals surface area contributed by atoms with Gasteiger partial charge in [-0.25, -0.2) is 0 Å². The zero-order valence-electron chi connectivity index (χ0n) is 13.3. The number of benzene rings is 2. The molecule has 2 aromatic carbocycles. The number of halogens is 4. The van der Waals surface area contributed by atoms with Crippen LogP contribution in [0.15, 0.2) is 48.5 Å². The van der Waals surface area contributed by atoms with Crippen LogP contribution in [0.25, 0.3) is 0 Å². The fourth-order valence-electron chi connectivity index (χ4n) is 2.88. The van der Waals surface area contributed by atoms with Gasteiger partial charge in [0.1, 0.15) is 0 Å². The van der Waals surface area contributed by atoms with E-state index in [2.05, 4.69) is 16.7 Å². The van der Waals surface area contributed by atoms with Crippen molar-refractivity contribution in [3.05, 3.63) is 70.8 Å². The second-order valence-electron chi connectivity index (χ2n) is 5.74. The van der Waals surface area contributed by atoms with Crippen LogP contribution in [-0.4, -0.2) is 19.0 Å². The van der Waals surface area contributed by atoms with Crippen molar-refractivity contribution in [1.82, 2.24) is 10.6 Å². The molecular formula is C18H18ClF3N2O. The monoisotopic (exact) mass is 370 g/mol. The summed E-state index contributed by atoms with van der Waals surface area (Å²) in [5.74, 6) is -0.381. The van der Waals surface area contributed by atoms with Gasteiger partial charge in [0.2, 0.25) is 0 Å². The van der Waals surface area contributed by atoms with E-state index in [0.717, 1.165) is 30.7 Å². The van der Waals surface area contributed by atoms with Gasteiger partial charge in [-0.15, -0.1) is 12.4 Å². The minimum atomic E-state index is -4.40. The first-order chi connectivity index (χ1) is 11.4. The van der Waals surface area contributed by atoms with E-state index in [4.69, 9.17) is 0 Å². The molecule has 0 aromatic heterocycles. The number of fused-ring (bicyclic) bond motifs is 1. The molecule has 0 spiro atoms. The summed E-state index contributed by atoms with van der Waals surface area (Å²) in [6, 6.07) is 12.3. The van der Waals surface area contributed by atoms with E-state index in [1.54, 1.807) is 0 Å². The largest absolute Gasteiger partial charge is 0.416 e. The molecule has 134 valence electrons. The third kappa shape index (κ3) is 4.52. The maximum atomic E-state index is 12.5. The standard InChI is InChI=1S/C18H17F3N2O.ClH/c19-18(20,21)14-7-5-13(6-8-14)17(24)23-11-16-15-4-2-1-3-12(15)9-10-22-16;/h1-8,16,22H,9-11H2,(H,23,24);1H. The molecule has 1 aliphatic rings. The van der Waals surface area contributed by atoms with Crippen LogP contribution < -0.4 is 10.6 Å². The quantitative estimate of drug-likeness (QED) is 0.864. The van der Waals surface area contributed by atoms with E-state index >= 15 is 0 Å². The van der Waals surface area contributed by atoms with Crippen LogP contribution in [0, 0.1) is 0 Å². The van der Waals surface area contributed by atoms with Gasteiger partial charge in [0.15, 0.2) is 0 Å². The summed E-state index contributed by atoms with van der Waals surface area (Å²) in [6.07, 6.45) is -3.45. The molecule has 0 radical (unpaired) electrons. The van der Waals surface area contributed by atoms with Crippen LogP contribution in [0.2, 0.25) is 0 Å². The molecule has 1 amide bonds. The van der Waals surface area contributed by atoms with Gasteiger partial charge >= 0.3 is 6.18 Å². The highest BCUT2D eigenvalue weighted by Crippen LogP contribution is 2.29. The molecule has 0 fully saturated rings. The number of nitrogens with one attached hydrogen (secondary N) is 2. The Bertz CT molecular complexity index is 732. The maximum Gasteiger partial charge on any atom is 0.416 e. The van der Waals surface area contributed by atoms with Crippen LogP contribution in [0.5, 0.6) is 0 Å². The van der Waals surface area contributed by atoms with Gasteiger partial charge in [0.25, 0.3) is 5.91 Å². The predicted molar refractivity (Wildman–Crippen MR) is 91.9 cm³/mol. The lowest BCUT2D eigenvalue weighted by molar-refractivity contribution is -0.137. The SMILES string of the molecule is Cl.O=C(NCC1NCCc2ccccc21)c1ccc(C(F)(F)F)cc1. The molecule has 1 unspecified atom stereocenters. The van der Waals surface area contributed by atoms with E-state index in [1.807, 2.05) is 18.2 Å². The zero-order chi connectivity index (χ0) is 17.2. The molecule has 7 heteroatoms. The normalized spacial score (nSPS) is 16.5. The number of hydrogen-bond acceptors (Lipinski definition) is 2. The Morgan fingerprint density at radius 3 is 2.48 bits per heavy atom. The summed E-state index contributed by atoms with van der Waals surface area (Å²) in [5, 5.41) is 6.13. The van der Waals surface area contributed by atoms with Crippen molar-refractivity contribution < 1.29 is 18.0 Å².